The molecule has 0 bridgehead atoms. The third kappa shape index (κ3) is 4.31. The van der Waals surface area contributed by atoms with E-state index in [2.05, 4.69) is 15.3 Å². The zero-order valence-corrected chi connectivity index (χ0v) is 20.0. The van der Waals surface area contributed by atoms with Gasteiger partial charge in [-0.25, -0.2) is 19.3 Å². The first-order chi connectivity index (χ1) is 16.9. The Bertz CT molecular complexity index is 1650. The van der Waals surface area contributed by atoms with Gasteiger partial charge in [0.05, 0.1) is 16.9 Å². The van der Waals surface area contributed by atoms with Crippen molar-refractivity contribution in [1.82, 2.24) is 23.7 Å². The Balaban J connectivity index is 1.46. The minimum absolute atomic E-state index is 0.255. The normalized spacial score (nSPS) is 11.1. The van der Waals surface area contributed by atoms with Crippen molar-refractivity contribution in [2.24, 2.45) is 14.1 Å². The Labute approximate surface area is 204 Å². The van der Waals surface area contributed by atoms with E-state index in [1.807, 2.05) is 60.7 Å². The van der Waals surface area contributed by atoms with Crippen LogP contribution in [0.4, 0.5) is 5.13 Å². The fourth-order valence-electron chi connectivity index (χ4n) is 3.97. The molecule has 0 aliphatic carbocycles. The molecule has 0 aliphatic heterocycles. The van der Waals surface area contributed by atoms with Crippen LogP contribution < -0.4 is 16.6 Å². The second-order valence-electron chi connectivity index (χ2n) is 8.13. The lowest BCUT2D eigenvalue weighted by molar-refractivity contribution is -0.116. The highest BCUT2D eigenvalue weighted by atomic mass is 32.1. The zero-order chi connectivity index (χ0) is 24.5. The standard InChI is InChI=1S/C25H22N6O3S/c1-29-15-26-22-20(29)23(33)31(25(34)30(22)2)14-19(32)28-24-27-18(13-16-9-5-3-6-10-16)21(35-24)17-11-7-4-8-12-17/h3-12,15H,13-14H2,1-2H3,(H,27,28,32). The molecule has 0 spiro atoms. The summed E-state index contributed by atoms with van der Waals surface area (Å²) in [5.41, 5.74) is 2.31. The summed E-state index contributed by atoms with van der Waals surface area (Å²) in [6.45, 7) is -0.430. The zero-order valence-electron chi connectivity index (χ0n) is 19.1. The molecular weight excluding hydrogens is 464 g/mol. The van der Waals surface area contributed by atoms with Crippen LogP contribution in [0.2, 0.25) is 0 Å². The average molecular weight is 487 g/mol. The summed E-state index contributed by atoms with van der Waals surface area (Å²) in [7, 11) is 3.19. The van der Waals surface area contributed by atoms with Gasteiger partial charge in [-0.1, -0.05) is 72.0 Å². The molecule has 1 N–H and O–H groups in total. The van der Waals surface area contributed by atoms with Crippen LogP contribution in [0.3, 0.4) is 0 Å². The highest BCUT2D eigenvalue weighted by Gasteiger charge is 2.19. The molecular formula is C25H22N6O3S. The number of anilines is 1. The summed E-state index contributed by atoms with van der Waals surface area (Å²) in [5.74, 6) is -0.509. The number of carbonyl (C=O) groups excluding carboxylic acids is 1. The van der Waals surface area contributed by atoms with Crippen molar-refractivity contribution in [2.75, 3.05) is 5.32 Å². The van der Waals surface area contributed by atoms with Gasteiger partial charge in [-0.15, -0.1) is 0 Å². The first-order valence-corrected chi connectivity index (χ1v) is 11.7. The topological polar surface area (TPSA) is 104 Å². The number of rotatable bonds is 6. The summed E-state index contributed by atoms with van der Waals surface area (Å²) in [6, 6.07) is 19.8. The maximum absolute atomic E-state index is 12.9. The van der Waals surface area contributed by atoms with Gasteiger partial charge in [0.2, 0.25) is 5.91 Å². The van der Waals surface area contributed by atoms with E-state index in [9.17, 15) is 14.4 Å². The molecule has 0 saturated carbocycles. The fraction of sp³-hybridized carbons (Fsp3) is 0.160. The molecule has 5 rings (SSSR count). The van der Waals surface area contributed by atoms with Gasteiger partial charge < -0.3 is 9.88 Å². The SMILES string of the molecule is Cn1cnc2c1c(=O)n(CC(=O)Nc1nc(Cc3ccccc3)c(-c3ccccc3)s1)c(=O)n2C. The largest absolute Gasteiger partial charge is 0.332 e. The molecule has 9 nitrogen and oxygen atoms in total. The van der Waals surface area contributed by atoms with Crippen molar-refractivity contribution in [1.29, 1.82) is 0 Å². The van der Waals surface area contributed by atoms with Crippen LogP contribution in [-0.4, -0.2) is 29.6 Å². The molecule has 0 fully saturated rings. The summed E-state index contributed by atoms with van der Waals surface area (Å²) < 4.78 is 3.71. The van der Waals surface area contributed by atoms with Gasteiger partial charge in [-0.2, -0.15) is 0 Å². The van der Waals surface area contributed by atoms with Crippen LogP contribution in [0.25, 0.3) is 21.6 Å². The molecule has 0 radical (unpaired) electrons. The Morgan fingerprint density at radius 1 is 1.00 bits per heavy atom. The van der Waals surface area contributed by atoms with Gasteiger partial charge in [-0.3, -0.25) is 14.2 Å². The quantitative estimate of drug-likeness (QED) is 0.398. The van der Waals surface area contributed by atoms with Crippen molar-refractivity contribution in [3.63, 3.8) is 0 Å². The van der Waals surface area contributed by atoms with Gasteiger partial charge in [0.15, 0.2) is 16.3 Å². The number of fused-ring (bicyclic) bond motifs is 1. The van der Waals surface area contributed by atoms with Crippen LogP contribution in [0.15, 0.2) is 76.6 Å². The molecule has 5 aromatic rings. The summed E-state index contributed by atoms with van der Waals surface area (Å²) in [5, 5.41) is 3.18. The Morgan fingerprint density at radius 2 is 1.69 bits per heavy atom. The fourth-order valence-corrected chi connectivity index (χ4v) is 4.97. The number of aromatic nitrogens is 5. The predicted octanol–water partition coefficient (Wildman–Crippen LogP) is 2.79. The smallest absolute Gasteiger partial charge is 0.328 e. The first kappa shape index (κ1) is 22.5. The number of nitrogens with zero attached hydrogens (tertiary/aromatic N) is 5. The highest BCUT2D eigenvalue weighted by molar-refractivity contribution is 7.19. The third-order valence-electron chi connectivity index (χ3n) is 5.70. The molecule has 0 saturated heterocycles. The maximum atomic E-state index is 12.9. The van der Waals surface area contributed by atoms with E-state index in [1.54, 1.807) is 7.05 Å². The number of nitrogens with one attached hydrogen (secondary N) is 1. The summed E-state index contributed by atoms with van der Waals surface area (Å²) in [6.07, 6.45) is 2.07. The Morgan fingerprint density at radius 3 is 2.40 bits per heavy atom. The van der Waals surface area contributed by atoms with E-state index in [-0.39, 0.29) is 11.2 Å². The van der Waals surface area contributed by atoms with Gasteiger partial charge in [0.1, 0.15) is 6.54 Å². The van der Waals surface area contributed by atoms with Gasteiger partial charge in [0.25, 0.3) is 5.56 Å². The van der Waals surface area contributed by atoms with Gasteiger partial charge in [-0.05, 0) is 11.1 Å². The molecule has 35 heavy (non-hydrogen) atoms. The second-order valence-corrected chi connectivity index (χ2v) is 9.13. The number of imidazole rings is 1. The van der Waals surface area contributed by atoms with Crippen LogP contribution in [0, 0.1) is 0 Å². The number of hydrogen-bond acceptors (Lipinski definition) is 6. The minimum atomic E-state index is -0.606. The van der Waals surface area contributed by atoms with E-state index in [0.29, 0.717) is 11.6 Å². The monoisotopic (exact) mass is 486 g/mol. The lowest BCUT2D eigenvalue weighted by Crippen LogP contribution is -2.42. The molecule has 176 valence electrons. The molecule has 1 amide bonds. The van der Waals surface area contributed by atoms with Crippen LogP contribution >= 0.6 is 11.3 Å². The molecule has 10 heteroatoms. The number of aryl methyl sites for hydroxylation is 2. The minimum Gasteiger partial charge on any atom is -0.328 e. The summed E-state index contributed by atoms with van der Waals surface area (Å²) in [4.78, 5) is 48.3. The number of hydrogen-bond donors (Lipinski definition) is 1. The average Bonchev–Trinajstić information content (AvgIpc) is 3.45. The molecule has 0 unspecified atom stereocenters. The summed E-state index contributed by atoms with van der Waals surface area (Å²) >= 11 is 1.36. The molecule has 3 heterocycles. The second kappa shape index (κ2) is 9.15. The van der Waals surface area contributed by atoms with E-state index < -0.39 is 23.7 Å². The number of thiazole rings is 1. The van der Waals surface area contributed by atoms with Crippen molar-refractivity contribution < 1.29 is 4.79 Å². The van der Waals surface area contributed by atoms with E-state index in [1.165, 1.54) is 33.8 Å². The molecule has 0 aliphatic rings. The first-order valence-electron chi connectivity index (χ1n) is 10.9. The van der Waals surface area contributed by atoms with Crippen LogP contribution in [-0.2, 0) is 31.9 Å². The highest BCUT2D eigenvalue weighted by Crippen LogP contribution is 2.34. The van der Waals surface area contributed by atoms with Crippen molar-refractivity contribution in [3.05, 3.63) is 99.1 Å². The molecule has 2 aromatic carbocycles. The molecule has 3 aromatic heterocycles. The number of carbonyl (C=O) groups is 1. The predicted molar refractivity (Wildman–Crippen MR) is 136 cm³/mol. The van der Waals surface area contributed by atoms with Crippen molar-refractivity contribution >= 4 is 33.5 Å². The van der Waals surface area contributed by atoms with Gasteiger partial charge in [0, 0.05) is 20.5 Å². The maximum Gasteiger partial charge on any atom is 0.332 e. The van der Waals surface area contributed by atoms with Crippen LogP contribution in [0.5, 0.6) is 0 Å². The van der Waals surface area contributed by atoms with E-state index in [0.717, 1.165) is 26.3 Å². The Kier molecular flexibility index (Phi) is 5.87. The van der Waals surface area contributed by atoms with E-state index in [4.69, 9.17) is 0 Å². The molecule has 0 atom stereocenters. The van der Waals surface area contributed by atoms with Crippen molar-refractivity contribution in [2.45, 2.75) is 13.0 Å². The lowest BCUT2D eigenvalue weighted by Gasteiger charge is -2.08. The third-order valence-corrected chi connectivity index (χ3v) is 6.76. The van der Waals surface area contributed by atoms with Gasteiger partial charge >= 0.3 is 5.69 Å². The lowest BCUT2D eigenvalue weighted by atomic mass is 10.1. The number of benzene rings is 2. The van der Waals surface area contributed by atoms with Crippen LogP contribution in [0.1, 0.15) is 11.3 Å². The van der Waals surface area contributed by atoms with Crippen molar-refractivity contribution in [3.8, 4) is 10.4 Å². The van der Waals surface area contributed by atoms with E-state index >= 15 is 0 Å². The number of amides is 1. The Hall–Kier alpha value is -4.31.